The van der Waals surface area contributed by atoms with Gasteiger partial charge in [0, 0.05) is 44.7 Å². The number of pyridine rings is 1. The number of amides is 2. The summed E-state index contributed by atoms with van der Waals surface area (Å²) < 4.78 is 7.34. The molecule has 1 unspecified atom stereocenters. The summed E-state index contributed by atoms with van der Waals surface area (Å²) >= 11 is 0. The Bertz CT molecular complexity index is 860. The zero-order valence-electron chi connectivity index (χ0n) is 16.7. The van der Waals surface area contributed by atoms with Gasteiger partial charge in [-0.2, -0.15) is 0 Å². The number of rotatable bonds is 5. The highest BCUT2D eigenvalue weighted by Gasteiger charge is 2.27. The van der Waals surface area contributed by atoms with Gasteiger partial charge in [0.05, 0.1) is 19.2 Å². The number of carbonyl (C=O) groups is 2. The molecule has 1 N–H and O–H groups in total. The van der Waals surface area contributed by atoms with Crippen molar-refractivity contribution in [1.82, 2.24) is 24.8 Å². The highest BCUT2D eigenvalue weighted by atomic mass is 16.5. The number of imidazole rings is 1. The average Bonchev–Trinajstić information content (AvgIpc) is 3.18. The van der Waals surface area contributed by atoms with Crippen molar-refractivity contribution < 1.29 is 14.3 Å². The Morgan fingerprint density at radius 2 is 2.00 bits per heavy atom. The smallest absolute Gasteiger partial charge is 0.269 e. The molecule has 0 spiro atoms. The third-order valence-electron chi connectivity index (χ3n) is 5.89. The minimum atomic E-state index is -0.0979. The van der Waals surface area contributed by atoms with Crippen LogP contribution in [0, 0.1) is 5.92 Å². The lowest BCUT2D eigenvalue weighted by Crippen LogP contribution is -2.43. The van der Waals surface area contributed by atoms with Crippen molar-refractivity contribution in [2.24, 2.45) is 5.92 Å². The lowest BCUT2D eigenvalue weighted by atomic mass is 9.93. The number of fused-ring (bicyclic) bond motifs is 1. The van der Waals surface area contributed by atoms with E-state index < -0.39 is 0 Å². The highest BCUT2D eigenvalue weighted by Crippen LogP contribution is 2.20. The monoisotopic (exact) mass is 397 g/mol. The predicted octanol–water partition coefficient (Wildman–Crippen LogP) is 1.41. The van der Waals surface area contributed by atoms with Gasteiger partial charge in [0.2, 0.25) is 5.91 Å². The maximum absolute atomic E-state index is 12.8. The van der Waals surface area contributed by atoms with Crippen LogP contribution in [0.5, 0.6) is 0 Å². The number of hydrogen-bond donors (Lipinski definition) is 1. The van der Waals surface area contributed by atoms with Crippen molar-refractivity contribution in [2.75, 3.05) is 19.8 Å². The predicted molar refractivity (Wildman–Crippen MR) is 106 cm³/mol. The van der Waals surface area contributed by atoms with Crippen molar-refractivity contribution >= 4 is 11.8 Å². The lowest BCUT2D eigenvalue weighted by molar-refractivity contribution is -0.132. The molecule has 1 fully saturated rings. The third kappa shape index (κ3) is 4.48. The van der Waals surface area contributed by atoms with Crippen LogP contribution in [0.1, 0.15) is 41.6 Å². The van der Waals surface area contributed by atoms with E-state index in [0.29, 0.717) is 37.7 Å². The molecule has 8 heteroatoms. The Morgan fingerprint density at radius 1 is 1.24 bits per heavy atom. The first-order valence-electron chi connectivity index (χ1n) is 10.2. The van der Waals surface area contributed by atoms with Crippen molar-refractivity contribution in [3.8, 4) is 0 Å². The zero-order valence-corrected chi connectivity index (χ0v) is 16.7. The van der Waals surface area contributed by atoms with Gasteiger partial charge in [-0.05, 0) is 43.4 Å². The molecule has 2 amide bonds. The van der Waals surface area contributed by atoms with E-state index in [2.05, 4.69) is 22.2 Å². The minimum absolute atomic E-state index is 0.0598. The first kappa shape index (κ1) is 19.6. The molecule has 0 aliphatic carbocycles. The van der Waals surface area contributed by atoms with E-state index in [-0.39, 0.29) is 17.9 Å². The van der Waals surface area contributed by atoms with Crippen LogP contribution >= 0.6 is 0 Å². The molecule has 8 nitrogen and oxygen atoms in total. The van der Waals surface area contributed by atoms with Gasteiger partial charge in [0.1, 0.15) is 11.5 Å². The second kappa shape index (κ2) is 8.73. The molecule has 2 aliphatic heterocycles. The zero-order chi connectivity index (χ0) is 20.2. The van der Waals surface area contributed by atoms with Gasteiger partial charge in [0.25, 0.3) is 5.91 Å². The third-order valence-corrected chi connectivity index (χ3v) is 5.89. The van der Waals surface area contributed by atoms with Crippen LogP contribution in [-0.4, -0.2) is 57.0 Å². The molecule has 29 heavy (non-hydrogen) atoms. The number of nitrogens with zero attached hydrogens (tertiary/aromatic N) is 4. The average molecular weight is 397 g/mol. The standard InChI is InChI=1S/C21H27N5O3/c1-15(17-4-10-29-11-5-17)24-21(28)18-13-23-19-14-25(8-9-26(18)19)20(27)12-16-2-6-22-7-3-16/h2-3,6-7,13,15,17H,4-5,8-12,14H2,1H3,(H,24,28). The highest BCUT2D eigenvalue weighted by molar-refractivity contribution is 5.92. The summed E-state index contributed by atoms with van der Waals surface area (Å²) in [5.74, 6) is 1.16. The molecule has 1 atom stereocenters. The van der Waals surface area contributed by atoms with Gasteiger partial charge in [0.15, 0.2) is 0 Å². The molecule has 0 aromatic carbocycles. The first-order chi connectivity index (χ1) is 14.1. The van der Waals surface area contributed by atoms with E-state index >= 15 is 0 Å². The fourth-order valence-corrected chi connectivity index (χ4v) is 4.06. The van der Waals surface area contributed by atoms with Crippen molar-refractivity contribution in [2.45, 2.75) is 45.3 Å². The molecule has 2 aliphatic rings. The van der Waals surface area contributed by atoms with E-state index in [1.54, 1.807) is 23.5 Å². The molecule has 4 heterocycles. The summed E-state index contributed by atoms with van der Waals surface area (Å²) in [5.41, 5.74) is 1.52. The summed E-state index contributed by atoms with van der Waals surface area (Å²) in [6, 6.07) is 3.80. The summed E-state index contributed by atoms with van der Waals surface area (Å²) in [4.78, 5) is 35.6. The van der Waals surface area contributed by atoms with Crippen LogP contribution in [0.4, 0.5) is 0 Å². The second-order valence-corrected chi connectivity index (χ2v) is 7.77. The van der Waals surface area contributed by atoms with E-state index in [4.69, 9.17) is 4.74 Å². The van der Waals surface area contributed by atoms with Gasteiger partial charge in [-0.3, -0.25) is 14.6 Å². The summed E-state index contributed by atoms with van der Waals surface area (Å²) in [5, 5.41) is 3.13. The van der Waals surface area contributed by atoms with Gasteiger partial charge in [-0.15, -0.1) is 0 Å². The largest absolute Gasteiger partial charge is 0.381 e. The fraction of sp³-hybridized carbons (Fsp3) is 0.524. The Morgan fingerprint density at radius 3 is 2.76 bits per heavy atom. The van der Waals surface area contributed by atoms with Crippen molar-refractivity contribution in [1.29, 1.82) is 0 Å². The lowest BCUT2D eigenvalue weighted by Gasteiger charge is -2.30. The summed E-state index contributed by atoms with van der Waals surface area (Å²) in [6.07, 6.45) is 7.30. The van der Waals surface area contributed by atoms with Crippen LogP contribution in [0.15, 0.2) is 30.7 Å². The van der Waals surface area contributed by atoms with Crippen LogP contribution in [-0.2, 0) is 29.0 Å². The minimum Gasteiger partial charge on any atom is -0.381 e. The molecule has 4 rings (SSSR count). The van der Waals surface area contributed by atoms with Gasteiger partial charge < -0.3 is 19.5 Å². The molecule has 0 bridgehead atoms. The molecule has 2 aromatic heterocycles. The number of carbonyl (C=O) groups excluding carboxylic acids is 2. The maximum atomic E-state index is 12.8. The Balaban J connectivity index is 1.37. The molecule has 0 saturated carbocycles. The fourth-order valence-electron chi connectivity index (χ4n) is 4.06. The molecule has 0 radical (unpaired) electrons. The van der Waals surface area contributed by atoms with Crippen LogP contribution < -0.4 is 5.32 Å². The molecule has 2 aromatic rings. The van der Waals surface area contributed by atoms with Gasteiger partial charge >= 0.3 is 0 Å². The maximum Gasteiger partial charge on any atom is 0.269 e. The normalized spacial score (nSPS) is 18.2. The van der Waals surface area contributed by atoms with Crippen LogP contribution in [0.25, 0.3) is 0 Å². The number of hydrogen-bond acceptors (Lipinski definition) is 5. The van der Waals surface area contributed by atoms with E-state index in [9.17, 15) is 9.59 Å². The second-order valence-electron chi connectivity index (χ2n) is 7.77. The molecule has 154 valence electrons. The van der Waals surface area contributed by atoms with Gasteiger partial charge in [-0.25, -0.2) is 4.98 Å². The molecule has 1 saturated heterocycles. The van der Waals surface area contributed by atoms with E-state index in [0.717, 1.165) is 37.4 Å². The molecular formula is C21H27N5O3. The van der Waals surface area contributed by atoms with Crippen molar-refractivity contribution in [3.63, 3.8) is 0 Å². The van der Waals surface area contributed by atoms with Crippen LogP contribution in [0.2, 0.25) is 0 Å². The number of aromatic nitrogens is 3. The van der Waals surface area contributed by atoms with E-state index in [1.807, 2.05) is 16.7 Å². The SMILES string of the molecule is CC(NC(=O)c1cnc2n1CCN(C(=O)Cc1ccncc1)C2)C1CCOCC1. The summed E-state index contributed by atoms with van der Waals surface area (Å²) in [7, 11) is 0. The molecular weight excluding hydrogens is 370 g/mol. The number of nitrogens with one attached hydrogen (secondary N) is 1. The summed E-state index contributed by atoms with van der Waals surface area (Å²) in [6.45, 7) is 5.15. The van der Waals surface area contributed by atoms with Crippen molar-refractivity contribution in [3.05, 3.63) is 47.8 Å². The topological polar surface area (TPSA) is 89.4 Å². The first-order valence-corrected chi connectivity index (χ1v) is 10.2. The Kier molecular flexibility index (Phi) is 5.89. The van der Waals surface area contributed by atoms with Gasteiger partial charge in [-0.1, -0.05) is 0 Å². The Hall–Kier alpha value is -2.74. The van der Waals surface area contributed by atoms with E-state index in [1.165, 1.54) is 0 Å². The Labute approximate surface area is 170 Å². The number of ether oxygens (including phenoxy) is 1. The quantitative estimate of drug-likeness (QED) is 0.824. The van der Waals surface area contributed by atoms with Crippen LogP contribution in [0.3, 0.4) is 0 Å².